The summed E-state index contributed by atoms with van der Waals surface area (Å²) in [4.78, 5) is 31.0. The number of nitrogens with zero attached hydrogens (tertiary/aromatic N) is 2. The Kier molecular flexibility index (Phi) is 5.31. The van der Waals surface area contributed by atoms with Gasteiger partial charge in [0, 0.05) is 28.6 Å². The van der Waals surface area contributed by atoms with Crippen LogP contribution < -0.4 is 20.3 Å². The van der Waals surface area contributed by atoms with E-state index < -0.39 is 11.6 Å². The van der Waals surface area contributed by atoms with E-state index in [-0.39, 0.29) is 25.4 Å². The van der Waals surface area contributed by atoms with E-state index in [1.54, 1.807) is 17.6 Å². The standard InChI is InChI=1S/C27H29N3O6/c1-4-14(3)28-7-6-15-16-8-22-23(36-13-35-22)10-20(16)29-24-17(15)11-30-21(24)9-19-18(25(30)31)12-34-26(32)27(19,33)5-2/h8-10,14,28,33H,4-7,11-13H2,1-3H3/t14?,27-/m0/s1. The van der Waals surface area contributed by atoms with Crippen molar-refractivity contribution in [3.8, 4) is 22.9 Å². The molecule has 0 aliphatic carbocycles. The molecule has 6 rings (SSSR count). The SMILES string of the molecule is CCC(C)NCCc1c2c(nc3cc4c(cc13)OCO4)-c1cc3c(c(=O)n1C2)COC(=O)[C@]3(O)CC. The number of aromatic nitrogens is 2. The van der Waals surface area contributed by atoms with Gasteiger partial charge in [-0.25, -0.2) is 9.78 Å². The van der Waals surface area contributed by atoms with Gasteiger partial charge in [0.15, 0.2) is 17.1 Å². The zero-order valence-electron chi connectivity index (χ0n) is 20.6. The maximum absolute atomic E-state index is 13.6. The van der Waals surface area contributed by atoms with Crippen molar-refractivity contribution in [1.29, 1.82) is 0 Å². The number of cyclic esters (lactones) is 1. The van der Waals surface area contributed by atoms with E-state index in [1.807, 2.05) is 12.1 Å². The molecule has 2 N–H and O–H groups in total. The highest BCUT2D eigenvalue weighted by atomic mass is 16.7. The molecule has 1 unspecified atom stereocenters. The average Bonchev–Trinajstić information content (AvgIpc) is 3.49. The highest BCUT2D eigenvalue weighted by Gasteiger charge is 2.45. The molecule has 3 aliphatic rings. The fourth-order valence-electron chi connectivity index (χ4n) is 5.43. The zero-order valence-corrected chi connectivity index (χ0v) is 20.6. The van der Waals surface area contributed by atoms with Crippen molar-refractivity contribution in [2.75, 3.05) is 13.3 Å². The molecule has 0 saturated heterocycles. The van der Waals surface area contributed by atoms with Crippen molar-refractivity contribution in [3.05, 3.63) is 50.8 Å². The van der Waals surface area contributed by atoms with Crippen LogP contribution in [0.2, 0.25) is 0 Å². The maximum Gasteiger partial charge on any atom is 0.343 e. The quantitative estimate of drug-likeness (QED) is 0.396. The van der Waals surface area contributed by atoms with Gasteiger partial charge in [0.05, 0.1) is 29.0 Å². The first kappa shape index (κ1) is 23.0. The van der Waals surface area contributed by atoms with Gasteiger partial charge in [-0.3, -0.25) is 4.79 Å². The van der Waals surface area contributed by atoms with Crippen LogP contribution in [0.1, 0.15) is 55.9 Å². The van der Waals surface area contributed by atoms with E-state index in [2.05, 4.69) is 19.2 Å². The molecule has 36 heavy (non-hydrogen) atoms. The summed E-state index contributed by atoms with van der Waals surface area (Å²) in [6.07, 6.45) is 1.88. The minimum atomic E-state index is -1.85. The summed E-state index contributed by atoms with van der Waals surface area (Å²) in [5.74, 6) is 0.603. The molecule has 0 radical (unpaired) electrons. The number of pyridine rings is 2. The molecule has 0 fully saturated rings. The number of esters is 1. The molecule has 3 aliphatic heterocycles. The number of fused-ring (bicyclic) bond motifs is 6. The van der Waals surface area contributed by atoms with Gasteiger partial charge in [-0.2, -0.15) is 0 Å². The van der Waals surface area contributed by atoms with Gasteiger partial charge < -0.3 is 29.2 Å². The maximum atomic E-state index is 13.6. The van der Waals surface area contributed by atoms with Gasteiger partial charge in [-0.15, -0.1) is 0 Å². The lowest BCUT2D eigenvalue weighted by atomic mass is 9.86. The molecule has 9 nitrogen and oxygen atoms in total. The molecule has 0 saturated carbocycles. The summed E-state index contributed by atoms with van der Waals surface area (Å²) in [6, 6.07) is 5.99. The lowest BCUT2D eigenvalue weighted by Crippen LogP contribution is -2.44. The number of hydrogen-bond acceptors (Lipinski definition) is 8. The third kappa shape index (κ3) is 3.26. The van der Waals surface area contributed by atoms with Crippen molar-refractivity contribution in [3.63, 3.8) is 0 Å². The molecule has 0 bridgehead atoms. The molecule has 9 heteroatoms. The number of carbonyl (C=O) groups excluding carboxylic acids is 1. The van der Waals surface area contributed by atoms with E-state index in [4.69, 9.17) is 19.2 Å². The molecule has 2 atom stereocenters. The highest BCUT2D eigenvalue weighted by Crippen LogP contribution is 2.43. The second-order valence-corrected chi connectivity index (χ2v) is 9.76. The summed E-state index contributed by atoms with van der Waals surface area (Å²) in [5, 5.41) is 15.7. The molecule has 5 heterocycles. The third-order valence-electron chi connectivity index (χ3n) is 7.78. The average molecular weight is 492 g/mol. The fourth-order valence-corrected chi connectivity index (χ4v) is 5.43. The van der Waals surface area contributed by atoms with Gasteiger partial charge in [0.1, 0.15) is 6.61 Å². The Morgan fingerprint density at radius 3 is 2.67 bits per heavy atom. The van der Waals surface area contributed by atoms with Gasteiger partial charge in [0.25, 0.3) is 5.56 Å². The van der Waals surface area contributed by atoms with E-state index in [1.165, 1.54) is 0 Å². The summed E-state index contributed by atoms with van der Waals surface area (Å²) in [7, 11) is 0. The first-order valence-corrected chi connectivity index (χ1v) is 12.5. The second-order valence-electron chi connectivity index (χ2n) is 9.76. The Morgan fingerprint density at radius 1 is 1.14 bits per heavy atom. The largest absolute Gasteiger partial charge is 0.458 e. The van der Waals surface area contributed by atoms with E-state index >= 15 is 0 Å². The minimum Gasteiger partial charge on any atom is -0.458 e. The molecular weight excluding hydrogens is 462 g/mol. The van der Waals surface area contributed by atoms with Gasteiger partial charge in [-0.05, 0) is 50.4 Å². The summed E-state index contributed by atoms with van der Waals surface area (Å²) in [5.41, 5.74) is 2.64. The van der Waals surface area contributed by atoms with E-state index in [0.717, 1.165) is 41.4 Å². The van der Waals surface area contributed by atoms with Crippen LogP contribution >= 0.6 is 0 Å². The van der Waals surface area contributed by atoms with Crippen molar-refractivity contribution in [2.24, 2.45) is 0 Å². The van der Waals surface area contributed by atoms with Crippen molar-refractivity contribution < 1.29 is 24.1 Å². The first-order valence-electron chi connectivity index (χ1n) is 12.5. The van der Waals surface area contributed by atoms with Gasteiger partial charge in [0.2, 0.25) is 6.79 Å². The number of carbonyl (C=O) groups is 1. The molecule has 0 spiro atoms. The molecule has 2 aromatic heterocycles. The Balaban J connectivity index is 1.55. The van der Waals surface area contributed by atoms with Gasteiger partial charge in [-0.1, -0.05) is 13.8 Å². The minimum absolute atomic E-state index is 0.107. The summed E-state index contributed by atoms with van der Waals surface area (Å²) in [6.45, 7) is 7.17. The number of ether oxygens (including phenoxy) is 3. The van der Waals surface area contributed by atoms with Crippen molar-refractivity contribution in [1.82, 2.24) is 14.9 Å². The predicted molar refractivity (Wildman–Crippen MR) is 132 cm³/mol. The van der Waals surface area contributed by atoms with Crippen molar-refractivity contribution >= 4 is 16.9 Å². The third-order valence-corrected chi connectivity index (χ3v) is 7.78. The Morgan fingerprint density at radius 2 is 1.92 bits per heavy atom. The number of nitrogens with one attached hydrogen (secondary N) is 1. The topological polar surface area (TPSA) is 112 Å². The van der Waals surface area contributed by atoms with Crippen LogP contribution in [-0.2, 0) is 34.7 Å². The van der Waals surface area contributed by atoms with Crippen LogP contribution in [0.4, 0.5) is 0 Å². The second kappa shape index (κ2) is 8.31. The molecule has 1 aromatic carbocycles. The summed E-state index contributed by atoms with van der Waals surface area (Å²) < 4.78 is 18.1. The fraction of sp³-hybridized carbons (Fsp3) is 0.444. The monoisotopic (exact) mass is 491 g/mol. The smallest absolute Gasteiger partial charge is 0.343 e. The molecular formula is C27H29N3O6. The number of benzene rings is 1. The van der Waals surface area contributed by atoms with Crippen LogP contribution in [0.25, 0.3) is 22.3 Å². The first-order chi connectivity index (χ1) is 17.4. The van der Waals surface area contributed by atoms with Crippen LogP contribution in [0.15, 0.2) is 23.0 Å². The Labute approximate surface area is 208 Å². The molecule has 0 amide bonds. The number of hydrogen-bond donors (Lipinski definition) is 2. The normalized spacial score (nSPS) is 20.2. The molecule has 3 aromatic rings. The van der Waals surface area contributed by atoms with E-state index in [9.17, 15) is 14.7 Å². The lowest BCUT2D eigenvalue weighted by Gasteiger charge is -2.31. The van der Waals surface area contributed by atoms with E-state index in [0.29, 0.717) is 46.6 Å². The lowest BCUT2D eigenvalue weighted by molar-refractivity contribution is -0.172. The van der Waals surface area contributed by atoms with Crippen LogP contribution in [-0.4, -0.2) is 40.0 Å². The highest BCUT2D eigenvalue weighted by molar-refractivity contribution is 5.91. The number of rotatable bonds is 6. The van der Waals surface area contributed by atoms with Crippen LogP contribution in [0.3, 0.4) is 0 Å². The van der Waals surface area contributed by atoms with Crippen molar-refractivity contribution in [2.45, 2.75) is 64.8 Å². The molecule has 188 valence electrons. The van der Waals surface area contributed by atoms with Crippen LogP contribution in [0, 0.1) is 0 Å². The number of aliphatic hydroxyl groups is 1. The summed E-state index contributed by atoms with van der Waals surface area (Å²) >= 11 is 0. The Hall–Kier alpha value is -3.43. The van der Waals surface area contributed by atoms with Crippen LogP contribution in [0.5, 0.6) is 11.5 Å². The predicted octanol–water partition coefficient (Wildman–Crippen LogP) is 2.74. The zero-order chi connectivity index (χ0) is 25.2. The Bertz CT molecular complexity index is 1480. The van der Waals surface area contributed by atoms with Gasteiger partial charge >= 0.3 is 5.97 Å².